The molecule has 0 spiro atoms. The Morgan fingerprint density at radius 1 is 1.20 bits per heavy atom. The summed E-state index contributed by atoms with van der Waals surface area (Å²) in [6, 6.07) is 0. The van der Waals surface area contributed by atoms with E-state index in [9.17, 15) is 9.59 Å². The van der Waals surface area contributed by atoms with Gasteiger partial charge in [-0.1, -0.05) is 32.6 Å². The fourth-order valence-electron chi connectivity index (χ4n) is 1.24. The number of carbonyl (C=O) groups excluding carboxylic acids is 2. The molecule has 0 radical (unpaired) electrons. The molecule has 0 saturated heterocycles. The minimum atomic E-state index is -0.840. The van der Waals surface area contributed by atoms with Gasteiger partial charge in [-0.3, -0.25) is 9.59 Å². The highest BCUT2D eigenvalue weighted by Gasteiger charge is 2.10. The largest absolute Gasteiger partial charge is 0.334 e. The maximum Gasteiger partial charge on any atom is 0.221 e. The Balaban J connectivity index is 3.45. The first kappa shape index (κ1) is 14.1. The molecule has 3 N–H and O–H groups in total. The molecule has 88 valence electrons. The second kappa shape index (κ2) is 8.41. The van der Waals surface area contributed by atoms with E-state index in [1.807, 2.05) is 0 Å². The van der Waals surface area contributed by atoms with E-state index in [4.69, 9.17) is 5.73 Å². The summed E-state index contributed by atoms with van der Waals surface area (Å²) in [5.41, 5.74) is 5.39. The summed E-state index contributed by atoms with van der Waals surface area (Å²) in [7, 11) is 0. The van der Waals surface area contributed by atoms with Crippen LogP contribution in [0.4, 0.5) is 0 Å². The smallest absolute Gasteiger partial charge is 0.221 e. The van der Waals surface area contributed by atoms with Crippen LogP contribution in [0.3, 0.4) is 0 Å². The van der Waals surface area contributed by atoms with Gasteiger partial charge in [-0.2, -0.15) is 0 Å². The Kier molecular flexibility index (Phi) is 7.91. The molecule has 0 bridgehead atoms. The molecule has 4 nitrogen and oxygen atoms in total. The zero-order chi connectivity index (χ0) is 11.7. The molecular formula is C11H22N2O2. The van der Waals surface area contributed by atoms with Crippen molar-refractivity contribution in [2.75, 3.05) is 0 Å². The molecule has 1 amide bonds. The first-order valence-corrected chi connectivity index (χ1v) is 5.63. The molecule has 15 heavy (non-hydrogen) atoms. The third-order valence-electron chi connectivity index (χ3n) is 2.26. The molecule has 0 fully saturated rings. The summed E-state index contributed by atoms with van der Waals surface area (Å²) >= 11 is 0. The molecule has 1 atom stereocenters. The molecule has 0 aliphatic carbocycles. The molecule has 4 heteroatoms. The number of carbonyl (C=O) groups is 2. The minimum absolute atomic E-state index is 0.130. The summed E-state index contributed by atoms with van der Waals surface area (Å²) in [6.45, 7) is 3.52. The number of rotatable bonds is 8. The first-order valence-electron chi connectivity index (χ1n) is 5.63. The average molecular weight is 214 g/mol. The second-order valence-corrected chi connectivity index (χ2v) is 3.82. The van der Waals surface area contributed by atoms with Crippen molar-refractivity contribution in [1.82, 2.24) is 5.32 Å². The van der Waals surface area contributed by atoms with Gasteiger partial charge in [0.15, 0.2) is 5.78 Å². The minimum Gasteiger partial charge on any atom is -0.334 e. The van der Waals surface area contributed by atoms with Crippen molar-refractivity contribution in [2.24, 2.45) is 5.73 Å². The maximum absolute atomic E-state index is 11.2. The Bertz CT molecular complexity index is 205. The van der Waals surface area contributed by atoms with Gasteiger partial charge in [0.25, 0.3) is 0 Å². The summed E-state index contributed by atoms with van der Waals surface area (Å²) in [5.74, 6) is -0.344. The van der Waals surface area contributed by atoms with E-state index in [1.54, 1.807) is 0 Å². The van der Waals surface area contributed by atoms with Crippen molar-refractivity contribution in [3.63, 3.8) is 0 Å². The lowest BCUT2D eigenvalue weighted by atomic mass is 10.1. The van der Waals surface area contributed by atoms with E-state index in [0.29, 0.717) is 6.42 Å². The first-order chi connectivity index (χ1) is 7.07. The number of nitrogens with one attached hydrogen (secondary N) is 1. The number of nitrogens with two attached hydrogens (primary N) is 1. The van der Waals surface area contributed by atoms with Crippen LogP contribution in [-0.4, -0.2) is 17.9 Å². The summed E-state index contributed by atoms with van der Waals surface area (Å²) in [4.78, 5) is 22.0. The standard InChI is InChI=1S/C11H22N2O2/c1-3-4-5-6-7-8-10(15)13-11(12)9(2)14/h11H,3-8,12H2,1-2H3,(H,13,15). The molecule has 0 heterocycles. The van der Waals surface area contributed by atoms with Crippen LogP contribution in [-0.2, 0) is 9.59 Å². The molecule has 0 rings (SSSR count). The Labute approximate surface area is 91.6 Å². The SMILES string of the molecule is CCCCCCCC(=O)NC(N)C(C)=O. The van der Waals surface area contributed by atoms with Crippen LogP contribution >= 0.6 is 0 Å². The lowest BCUT2D eigenvalue weighted by Gasteiger charge is -2.09. The van der Waals surface area contributed by atoms with Crippen LogP contribution in [0.2, 0.25) is 0 Å². The Morgan fingerprint density at radius 2 is 1.80 bits per heavy atom. The number of hydrogen-bond donors (Lipinski definition) is 2. The van der Waals surface area contributed by atoms with Gasteiger partial charge >= 0.3 is 0 Å². The van der Waals surface area contributed by atoms with Crippen molar-refractivity contribution in [3.8, 4) is 0 Å². The van der Waals surface area contributed by atoms with Gasteiger partial charge in [0.05, 0.1) is 0 Å². The quantitative estimate of drug-likeness (QED) is 0.473. The van der Waals surface area contributed by atoms with E-state index in [2.05, 4.69) is 12.2 Å². The fourth-order valence-corrected chi connectivity index (χ4v) is 1.24. The molecule has 0 saturated carbocycles. The lowest BCUT2D eigenvalue weighted by molar-refractivity contribution is -0.126. The third-order valence-corrected chi connectivity index (χ3v) is 2.26. The lowest BCUT2D eigenvalue weighted by Crippen LogP contribution is -2.46. The predicted molar refractivity (Wildman–Crippen MR) is 60.2 cm³/mol. The summed E-state index contributed by atoms with van der Waals surface area (Å²) < 4.78 is 0. The van der Waals surface area contributed by atoms with Crippen molar-refractivity contribution in [3.05, 3.63) is 0 Å². The number of Topliss-reactive ketones (excluding diaryl/α,β-unsaturated/α-hetero) is 1. The van der Waals surface area contributed by atoms with Gasteiger partial charge < -0.3 is 11.1 Å². The molecular weight excluding hydrogens is 192 g/mol. The van der Waals surface area contributed by atoms with E-state index in [0.717, 1.165) is 12.8 Å². The van der Waals surface area contributed by atoms with Gasteiger partial charge in [-0.25, -0.2) is 0 Å². The second-order valence-electron chi connectivity index (χ2n) is 3.82. The van der Waals surface area contributed by atoms with Gasteiger partial charge in [-0.05, 0) is 13.3 Å². The number of hydrogen-bond acceptors (Lipinski definition) is 3. The van der Waals surface area contributed by atoms with E-state index in [1.165, 1.54) is 26.2 Å². The zero-order valence-corrected chi connectivity index (χ0v) is 9.71. The van der Waals surface area contributed by atoms with Crippen LogP contribution in [0.1, 0.15) is 52.4 Å². The van der Waals surface area contributed by atoms with E-state index < -0.39 is 6.17 Å². The highest BCUT2D eigenvalue weighted by atomic mass is 16.2. The topological polar surface area (TPSA) is 72.2 Å². The van der Waals surface area contributed by atoms with Gasteiger partial charge in [0.1, 0.15) is 6.17 Å². The fraction of sp³-hybridized carbons (Fsp3) is 0.818. The molecule has 0 aliphatic heterocycles. The van der Waals surface area contributed by atoms with Crippen LogP contribution in [0.25, 0.3) is 0 Å². The number of unbranched alkanes of at least 4 members (excludes halogenated alkanes) is 4. The van der Waals surface area contributed by atoms with Gasteiger partial charge in [-0.15, -0.1) is 0 Å². The molecule has 0 aromatic heterocycles. The number of ketones is 1. The van der Waals surface area contributed by atoms with Gasteiger partial charge in [0, 0.05) is 6.42 Å². The highest BCUT2D eigenvalue weighted by Crippen LogP contribution is 2.04. The van der Waals surface area contributed by atoms with Crippen molar-refractivity contribution >= 4 is 11.7 Å². The van der Waals surface area contributed by atoms with Crippen LogP contribution < -0.4 is 11.1 Å². The molecule has 1 unspecified atom stereocenters. The third kappa shape index (κ3) is 8.12. The molecule has 0 aromatic carbocycles. The summed E-state index contributed by atoms with van der Waals surface area (Å²) in [6.07, 6.45) is 5.14. The van der Waals surface area contributed by atoms with Crippen molar-refractivity contribution < 1.29 is 9.59 Å². The van der Waals surface area contributed by atoms with E-state index in [-0.39, 0.29) is 11.7 Å². The van der Waals surface area contributed by atoms with Crippen LogP contribution in [0.5, 0.6) is 0 Å². The predicted octanol–water partition coefficient (Wildman–Crippen LogP) is 1.34. The number of amides is 1. The Morgan fingerprint density at radius 3 is 2.33 bits per heavy atom. The zero-order valence-electron chi connectivity index (χ0n) is 9.71. The molecule has 0 aromatic rings. The van der Waals surface area contributed by atoms with Crippen LogP contribution in [0, 0.1) is 0 Å². The van der Waals surface area contributed by atoms with Gasteiger partial charge in [0.2, 0.25) is 5.91 Å². The van der Waals surface area contributed by atoms with Crippen LogP contribution in [0.15, 0.2) is 0 Å². The normalized spacial score (nSPS) is 12.2. The Hall–Kier alpha value is -0.900. The summed E-state index contributed by atoms with van der Waals surface area (Å²) in [5, 5.41) is 2.46. The average Bonchev–Trinajstić information content (AvgIpc) is 2.17. The van der Waals surface area contributed by atoms with Crippen molar-refractivity contribution in [2.45, 2.75) is 58.5 Å². The maximum atomic E-state index is 11.2. The highest BCUT2D eigenvalue weighted by molar-refractivity contribution is 5.86. The monoisotopic (exact) mass is 214 g/mol. The van der Waals surface area contributed by atoms with Crippen molar-refractivity contribution in [1.29, 1.82) is 0 Å². The molecule has 0 aliphatic rings. The van der Waals surface area contributed by atoms with E-state index >= 15 is 0 Å².